The van der Waals surface area contributed by atoms with E-state index in [9.17, 15) is 14.7 Å². The van der Waals surface area contributed by atoms with Gasteiger partial charge in [-0.25, -0.2) is 0 Å². The van der Waals surface area contributed by atoms with Crippen LogP contribution in [0.2, 0.25) is 0 Å². The molecule has 0 saturated carbocycles. The lowest BCUT2D eigenvalue weighted by Gasteiger charge is -2.48. The maximum atomic E-state index is 12.5. The van der Waals surface area contributed by atoms with Crippen molar-refractivity contribution in [1.29, 1.82) is 0 Å². The standard InChI is InChI=1S/C23H26N2O4/c1-2-15-14-25-12-10-16(15)13-20(25)23(29-22(28)8-7-21(26)27)18-9-11-24-19-6-4-3-5-17(18)19/h2-6,9,11,15-16,20,23H,1,7-8,10,12-14H2,(H,26,27)/t15-,16+,20-,23-/m1/s1. The van der Waals surface area contributed by atoms with Crippen LogP contribution >= 0.6 is 0 Å². The number of esters is 1. The molecule has 5 atom stereocenters. The van der Waals surface area contributed by atoms with Gasteiger partial charge in [0.05, 0.1) is 25.0 Å². The summed E-state index contributed by atoms with van der Waals surface area (Å²) < 4.78 is 5.95. The Morgan fingerprint density at radius 2 is 2.14 bits per heavy atom. The second-order valence-corrected chi connectivity index (χ2v) is 8.10. The molecule has 1 N–H and O–H groups in total. The van der Waals surface area contributed by atoms with Gasteiger partial charge < -0.3 is 19.5 Å². The molecule has 3 saturated heterocycles. The molecule has 0 radical (unpaired) electrons. The molecule has 6 heteroatoms. The molecule has 3 aliphatic rings. The Hall–Kier alpha value is -2.73. The number of carboxylic acids is 1. The first-order valence-corrected chi connectivity index (χ1v) is 10.3. The summed E-state index contributed by atoms with van der Waals surface area (Å²) in [6, 6.07) is 9.90. The van der Waals surface area contributed by atoms with Crippen LogP contribution in [0, 0.1) is 11.8 Å². The number of fused-ring (bicyclic) bond motifs is 4. The zero-order valence-corrected chi connectivity index (χ0v) is 16.4. The van der Waals surface area contributed by atoms with Crippen molar-refractivity contribution >= 4 is 22.8 Å². The maximum absolute atomic E-state index is 12.5. The summed E-state index contributed by atoms with van der Waals surface area (Å²) in [6.45, 7) is 6.04. The number of hydrogen-bond donors (Lipinski definition) is 1. The molecule has 3 aliphatic heterocycles. The van der Waals surface area contributed by atoms with Crippen molar-refractivity contribution in [2.75, 3.05) is 13.1 Å². The third-order valence-corrected chi connectivity index (χ3v) is 6.47. The molecule has 152 valence electrons. The summed E-state index contributed by atoms with van der Waals surface area (Å²) >= 11 is 0. The topological polar surface area (TPSA) is 83.8 Å². The number of quaternary nitrogens is 1. The normalized spacial score (nSPS) is 26.8. The molecule has 1 unspecified atom stereocenters. The number of piperidine rings is 3. The molecular weight excluding hydrogens is 368 g/mol. The van der Waals surface area contributed by atoms with Gasteiger partial charge in [-0.05, 0) is 24.5 Å². The molecule has 0 aliphatic carbocycles. The van der Waals surface area contributed by atoms with Crippen LogP contribution in [0.25, 0.3) is 10.9 Å². The second kappa shape index (κ2) is 8.33. The fourth-order valence-corrected chi connectivity index (χ4v) is 5.03. The molecule has 5 rings (SSSR count). The Morgan fingerprint density at radius 3 is 2.86 bits per heavy atom. The molecule has 2 bridgehead atoms. The van der Waals surface area contributed by atoms with Crippen LogP contribution in [-0.4, -0.2) is 36.1 Å². The first-order chi connectivity index (χ1) is 14.1. The van der Waals surface area contributed by atoms with Gasteiger partial charge in [-0.1, -0.05) is 24.3 Å². The van der Waals surface area contributed by atoms with Crippen molar-refractivity contribution in [3.05, 3.63) is 54.7 Å². The summed E-state index contributed by atoms with van der Waals surface area (Å²) in [5.41, 5.74) is 1.80. The highest BCUT2D eigenvalue weighted by molar-refractivity contribution is 5.83. The first-order valence-electron chi connectivity index (χ1n) is 10.3. The molecular formula is C23H26N2O4. The van der Waals surface area contributed by atoms with E-state index in [0.29, 0.717) is 11.8 Å². The van der Waals surface area contributed by atoms with E-state index in [4.69, 9.17) is 4.74 Å². The van der Waals surface area contributed by atoms with Crippen molar-refractivity contribution in [3.8, 4) is 0 Å². The molecule has 3 fully saturated rings. The number of aromatic nitrogens is 1. The van der Waals surface area contributed by atoms with Gasteiger partial charge in [0, 0.05) is 41.9 Å². The smallest absolute Gasteiger partial charge is 0.307 e. The van der Waals surface area contributed by atoms with Crippen LogP contribution < -0.4 is 10.0 Å². The molecule has 6 nitrogen and oxygen atoms in total. The first kappa shape index (κ1) is 19.6. The predicted molar refractivity (Wildman–Crippen MR) is 106 cm³/mol. The minimum atomic E-state index is -1.24. The van der Waals surface area contributed by atoms with Crippen molar-refractivity contribution < 1.29 is 24.3 Å². The van der Waals surface area contributed by atoms with E-state index in [1.807, 2.05) is 30.3 Å². The fourth-order valence-electron chi connectivity index (χ4n) is 5.03. The number of para-hydroxylation sites is 1. The number of ether oxygens (including phenoxy) is 1. The van der Waals surface area contributed by atoms with Gasteiger partial charge in [0.2, 0.25) is 0 Å². The monoisotopic (exact) mass is 394 g/mol. The van der Waals surface area contributed by atoms with Crippen molar-refractivity contribution in [1.82, 2.24) is 4.98 Å². The van der Waals surface area contributed by atoms with Gasteiger partial charge in [-0.3, -0.25) is 9.78 Å². The van der Waals surface area contributed by atoms with Crippen LogP contribution in [0.5, 0.6) is 0 Å². The Labute approximate surface area is 170 Å². The maximum Gasteiger partial charge on any atom is 0.307 e. The van der Waals surface area contributed by atoms with Crippen molar-refractivity contribution in [2.45, 2.75) is 37.8 Å². The van der Waals surface area contributed by atoms with E-state index in [1.54, 1.807) is 6.20 Å². The number of hydrogen-bond acceptors (Lipinski definition) is 5. The lowest BCUT2D eigenvalue weighted by molar-refractivity contribution is -0.949. The highest BCUT2D eigenvalue weighted by atomic mass is 16.5. The van der Waals surface area contributed by atoms with E-state index < -0.39 is 18.0 Å². The van der Waals surface area contributed by atoms with Gasteiger partial charge >= 0.3 is 5.97 Å². The number of nitrogens with one attached hydrogen (secondary N) is 1. The molecule has 0 amide bonds. The number of rotatable bonds is 7. The predicted octanol–water partition coefficient (Wildman–Crippen LogP) is 0.829. The highest BCUT2D eigenvalue weighted by Crippen LogP contribution is 2.36. The van der Waals surface area contributed by atoms with E-state index in [-0.39, 0.29) is 18.9 Å². The van der Waals surface area contributed by atoms with Crippen LogP contribution in [0.15, 0.2) is 49.2 Å². The Kier molecular flexibility index (Phi) is 5.62. The van der Waals surface area contributed by atoms with Crippen LogP contribution in [-0.2, 0) is 14.3 Å². The third kappa shape index (κ3) is 4.03. The van der Waals surface area contributed by atoms with E-state index >= 15 is 0 Å². The summed E-state index contributed by atoms with van der Waals surface area (Å²) in [5.74, 6) is -0.693. The lowest BCUT2D eigenvalue weighted by Crippen LogP contribution is -3.20. The fraction of sp³-hybridized carbons (Fsp3) is 0.435. The molecule has 4 heterocycles. The van der Waals surface area contributed by atoms with Gasteiger partial charge in [0.1, 0.15) is 6.04 Å². The van der Waals surface area contributed by atoms with Gasteiger partial charge in [-0.2, -0.15) is 0 Å². The average molecular weight is 394 g/mol. The Bertz CT molecular complexity index is 923. The third-order valence-electron chi connectivity index (χ3n) is 6.47. The van der Waals surface area contributed by atoms with E-state index in [0.717, 1.165) is 42.4 Å². The number of pyridine rings is 1. The summed E-state index contributed by atoms with van der Waals surface area (Å²) in [6.07, 6.45) is 4.99. The van der Waals surface area contributed by atoms with Crippen LogP contribution in [0.3, 0.4) is 0 Å². The zero-order valence-electron chi connectivity index (χ0n) is 16.4. The molecule has 2 aromatic rings. The van der Waals surface area contributed by atoms with Gasteiger partial charge in [0.15, 0.2) is 6.10 Å². The summed E-state index contributed by atoms with van der Waals surface area (Å²) in [5, 5.41) is 11.7. The molecule has 1 aromatic heterocycles. The number of benzene rings is 1. The SMILES string of the molecule is C=C[C@@H]1C[NH+]2CC[C@H]1C[C@@H]2[C@H](OC(=O)CCC(=O)[O-])c1ccnc2ccccc12. The molecule has 1 aromatic carbocycles. The Morgan fingerprint density at radius 1 is 1.31 bits per heavy atom. The number of carbonyl (C=O) groups excluding carboxylic acids is 2. The zero-order chi connectivity index (χ0) is 20.4. The minimum absolute atomic E-state index is 0.141. The van der Waals surface area contributed by atoms with E-state index in [2.05, 4.69) is 17.6 Å². The van der Waals surface area contributed by atoms with E-state index in [1.165, 1.54) is 4.90 Å². The van der Waals surface area contributed by atoms with Gasteiger partial charge in [0.25, 0.3) is 0 Å². The van der Waals surface area contributed by atoms with Crippen LogP contribution in [0.1, 0.15) is 37.4 Å². The number of carboxylic acid groups (broad SMARTS) is 1. The summed E-state index contributed by atoms with van der Waals surface area (Å²) in [4.78, 5) is 29.1. The largest absolute Gasteiger partial charge is 0.550 e. The van der Waals surface area contributed by atoms with Crippen molar-refractivity contribution in [2.24, 2.45) is 11.8 Å². The number of nitrogens with zero attached hydrogens (tertiary/aromatic N) is 1. The molecule has 0 spiro atoms. The highest BCUT2D eigenvalue weighted by Gasteiger charge is 2.47. The Balaban J connectivity index is 1.67. The minimum Gasteiger partial charge on any atom is -0.550 e. The number of aliphatic carboxylic acids is 1. The quantitative estimate of drug-likeness (QED) is 0.556. The van der Waals surface area contributed by atoms with Gasteiger partial charge in [-0.15, -0.1) is 6.58 Å². The second-order valence-electron chi connectivity index (χ2n) is 8.10. The summed E-state index contributed by atoms with van der Waals surface area (Å²) in [7, 11) is 0. The molecule has 29 heavy (non-hydrogen) atoms. The van der Waals surface area contributed by atoms with Crippen molar-refractivity contribution in [3.63, 3.8) is 0 Å². The number of carbonyl (C=O) groups is 2. The van der Waals surface area contributed by atoms with Crippen LogP contribution in [0.4, 0.5) is 0 Å². The lowest BCUT2D eigenvalue weighted by atomic mass is 9.73. The average Bonchev–Trinajstić information content (AvgIpc) is 2.76.